The van der Waals surface area contributed by atoms with Crippen molar-refractivity contribution in [3.05, 3.63) is 32.6 Å². The van der Waals surface area contributed by atoms with Crippen LogP contribution in [0.3, 0.4) is 0 Å². The molecule has 76 valence electrons. The van der Waals surface area contributed by atoms with E-state index in [2.05, 4.69) is 9.72 Å². The van der Waals surface area contributed by atoms with E-state index in [1.165, 1.54) is 0 Å². The minimum atomic E-state index is -0.837. The fraction of sp³-hybridized carbons (Fsp3) is 0.286. The van der Waals surface area contributed by atoms with Crippen LogP contribution in [0.5, 0.6) is 0 Å². The van der Waals surface area contributed by atoms with Gasteiger partial charge in [0.05, 0.1) is 5.56 Å². The number of H-pyrrole nitrogens is 2. The van der Waals surface area contributed by atoms with Gasteiger partial charge in [0.1, 0.15) is 13.2 Å². The Kier molecular flexibility index (Phi) is 3.19. The van der Waals surface area contributed by atoms with Gasteiger partial charge in [0, 0.05) is 6.20 Å². The maximum absolute atomic E-state index is 11.0. The van der Waals surface area contributed by atoms with Gasteiger partial charge in [-0.25, -0.2) is 9.59 Å². The van der Waals surface area contributed by atoms with E-state index in [0.717, 1.165) is 6.20 Å². The first kappa shape index (κ1) is 10.2. The zero-order valence-corrected chi connectivity index (χ0v) is 7.07. The molecule has 0 aliphatic heterocycles. The summed E-state index contributed by atoms with van der Waals surface area (Å²) in [6.07, 6.45) is 1.14. The summed E-state index contributed by atoms with van der Waals surface area (Å²) in [5, 5.41) is 8.31. The molecule has 7 nitrogen and oxygen atoms in total. The Balaban J connectivity index is 2.73. The lowest BCUT2D eigenvalue weighted by Gasteiger charge is -2.00. The third-order valence-corrected chi connectivity index (χ3v) is 1.41. The van der Waals surface area contributed by atoms with Gasteiger partial charge >= 0.3 is 11.7 Å². The Bertz CT molecular complexity index is 432. The Morgan fingerprint density at radius 3 is 2.79 bits per heavy atom. The lowest BCUT2D eigenvalue weighted by Crippen LogP contribution is -2.25. The number of ether oxygens (including phenoxy) is 1. The number of nitrogens with one attached hydrogen (secondary N) is 2. The molecule has 3 N–H and O–H groups in total. The molecule has 1 aromatic heterocycles. The second-order valence-corrected chi connectivity index (χ2v) is 2.42. The van der Waals surface area contributed by atoms with E-state index in [-0.39, 0.29) is 12.2 Å². The van der Waals surface area contributed by atoms with Crippen LogP contribution in [0.25, 0.3) is 0 Å². The maximum Gasteiger partial charge on any atom is 0.332 e. The standard InChI is InChI=1S/C7H8N2O5/c10-2-5(11)14-3-4-1-8-7(13)9-6(4)12/h1,10H,2-3H2,(H2,8,9,12,13). The quantitative estimate of drug-likeness (QED) is 0.493. The van der Waals surface area contributed by atoms with Crippen molar-refractivity contribution in [1.82, 2.24) is 9.97 Å². The summed E-state index contributed by atoms with van der Waals surface area (Å²) < 4.78 is 4.47. The van der Waals surface area contributed by atoms with Gasteiger partial charge < -0.3 is 14.8 Å². The van der Waals surface area contributed by atoms with Crippen molar-refractivity contribution in [1.29, 1.82) is 0 Å². The highest BCUT2D eigenvalue weighted by Crippen LogP contribution is 1.89. The zero-order valence-electron chi connectivity index (χ0n) is 7.07. The van der Waals surface area contributed by atoms with Crippen molar-refractivity contribution in [2.24, 2.45) is 0 Å². The normalized spacial score (nSPS) is 9.79. The average Bonchev–Trinajstić information content (AvgIpc) is 2.16. The van der Waals surface area contributed by atoms with Crippen molar-refractivity contribution >= 4 is 5.97 Å². The Morgan fingerprint density at radius 2 is 2.21 bits per heavy atom. The monoisotopic (exact) mass is 200 g/mol. The second-order valence-electron chi connectivity index (χ2n) is 2.42. The van der Waals surface area contributed by atoms with E-state index in [1.807, 2.05) is 4.98 Å². The van der Waals surface area contributed by atoms with Crippen molar-refractivity contribution in [2.75, 3.05) is 6.61 Å². The molecule has 0 radical (unpaired) electrons. The van der Waals surface area contributed by atoms with Crippen LogP contribution in [-0.2, 0) is 16.1 Å². The van der Waals surface area contributed by atoms with Crippen molar-refractivity contribution in [3.63, 3.8) is 0 Å². The first-order valence-corrected chi connectivity index (χ1v) is 3.71. The number of hydrogen-bond acceptors (Lipinski definition) is 5. The van der Waals surface area contributed by atoms with Crippen LogP contribution in [0.1, 0.15) is 5.56 Å². The fourth-order valence-corrected chi connectivity index (χ4v) is 0.749. The summed E-state index contributed by atoms with van der Waals surface area (Å²) in [4.78, 5) is 36.3. The van der Waals surface area contributed by atoms with Crippen molar-refractivity contribution < 1.29 is 14.6 Å². The highest BCUT2D eigenvalue weighted by molar-refractivity contribution is 5.70. The van der Waals surface area contributed by atoms with Gasteiger partial charge in [-0.2, -0.15) is 0 Å². The van der Waals surface area contributed by atoms with Crippen LogP contribution in [0.15, 0.2) is 15.8 Å². The number of carbonyl (C=O) groups excluding carboxylic acids is 1. The summed E-state index contributed by atoms with van der Waals surface area (Å²) in [6, 6.07) is 0. The Labute approximate surface area is 77.4 Å². The summed E-state index contributed by atoms with van der Waals surface area (Å²) in [5.41, 5.74) is -1.15. The highest BCUT2D eigenvalue weighted by Gasteiger charge is 2.04. The number of aliphatic hydroxyl groups excluding tert-OH is 1. The number of esters is 1. The van der Waals surface area contributed by atoms with Crippen molar-refractivity contribution in [3.8, 4) is 0 Å². The lowest BCUT2D eigenvalue weighted by atomic mass is 10.4. The summed E-state index contributed by atoms with van der Waals surface area (Å²) in [6.45, 7) is -1.03. The molecule has 0 atom stereocenters. The molecule has 0 amide bonds. The minimum Gasteiger partial charge on any atom is -0.459 e. The van der Waals surface area contributed by atoms with Gasteiger partial charge in [0.2, 0.25) is 0 Å². The molecule has 1 aromatic rings. The van der Waals surface area contributed by atoms with E-state index >= 15 is 0 Å². The van der Waals surface area contributed by atoms with E-state index in [1.54, 1.807) is 0 Å². The predicted octanol–water partition coefficient (Wildman–Crippen LogP) is -1.90. The summed E-state index contributed by atoms with van der Waals surface area (Å²) in [5.74, 6) is -0.837. The molecule has 0 aliphatic carbocycles. The first-order valence-electron chi connectivity index (χ1n) is 3.71. The van der Waals surface area contributed by atoms with E-state index in [4.69, 9.17) is 5.11 Å². The Morgan fingerprint density at radius 1 is 1.50 bits per heavy atom. The Hall–Kier alpha value is -1.89. The number of carbonyl (C=O) groups is 1. The molecule has 14 heavy (non-hydrogen) atoms. The van der Waals surface area contributed by atoms with Crippen LogP contribution in [0.2, 0.25) is 0 Å². The van der Waals surface area contributed by atoms with Crippen LogP contribution in [-0.4, -0.2) is 27.7 Å². The molecule has 0 aliphatic rings. The molecule has 1 rings (SSSR count). The van der Waals surface area contributed by atoms with Crippen LogP contribution >= 0.6 is 0 Å². The molecule has 0 saturated carbocycles. The molecule has 0 bridgehead atoms. The van der Waals surface area contributed by atoms with Gasteiger partial charge in [-0.15, -0.1) is 0 Å². The first-order chi connectivity index (χ1) is 6.63. The predicted molar refractivity (Wildman–Crippen MR) is 44.6 cm³/mol. The summed E-state index contributed by atoms with van der Waals surface area (Å²) >= 11 is 0. The van der Waals surface area contributed by atoms with Crippen LogP contribution < -0.4 is 11.2 Å². The molecular weight excluding hydrogens is 192 g/mol. The number of hydrogen-bond donors (Lipinski definition) is 3. The smallest absolute Gasteiger partial charge is 0.332 e. The van der Waals surface area contributed by atoms with E-state index in [0.29, 0.717) is 0 Å². The number of aromatic nitrogens is 2. The average molecular weight is 200 g/mol. The third-order valence-electron chi connectivity index (χ3n) is 1.41. The highest BCUT2D eigenvalue weighted by atomic mass is 16.5. The van der Waals surface area contributed by atoms with Gasteiger partial charge in [0.25, 0.3) is 5.56 Å². The molecule has 7 heteroatoms. The van der Waals surface area contributed by atoms with Gasteiger partial charge in [-0.05, 0) is 0 Å². The topological polar surface area (TPSA) is 112 Å². The largest absolute Gasteiger partial charge is 0.459 e. The van der Waals surface area contributed by atoms with Gasteiger partial charge in [0.15, 0.2) is 0 Å². The number of aromatic amines is 2. The maximum atomic E-state index is 11.0. The molecule has 0 saturated heterocycles. The third kappa shape index (κ3) is 2.56. The summed E-state index contributed by atoms with van der Waals surface area (Å²) in [7, 11) is 0. The van der Waals surface area contributed by atoms with Gasteiger partial charge in [-0.1, -0.05) is 0 Å². The lowest BCUT2D eigenvalue weighted by molar-refractivity contribution is -0.148. The molecular formula is C7H8N2O5. The fourth-order valence-electron chi connectivity index (χ4n) is 0.749. The molecule has 0 unspecified atom stereocenters. The minimum absolute atomic E-state index is 0.103. The molecule has 0 aromatic carbocycles. The van der Waals surface area contributed by atoms with E-state index < -0.39 is 23.8 Å². The molecule has 0 fully saturated rings. The van der Waals surface area contributed by atoms with E-state index in [9.17, 15) is 14.4 Å². The molecule has 1 heterocycles. The van der Waals surface area contributed by atoms with Crippen LogP contribution in [0.4, 0.5) is 0 Å². The van der Waals surface area contributed by atoms with Crippen LogP contribution in [0, 0.1) is 0 Å². The van der Waals surface area contributed by atoms with Gasteiger partial charge in [-0.3, -0.25) is 9.78 Å². The number of aliphatic hydroxyl groups is 1. The van der Waals surface area contributed by atoms with Crippen molar-refractivity contribution in [2.45, 2.75) is 6.61 Å². The second kappa shape index (κ2) is 4.38. The SMILES string of the molecule is O=C(CO)OCc1c[nH]c(=O)[nH]c1=O. The number of rotatable bonds is 3. The molecule has 0 spiro atoms. The zero-order chi connectivity index (χ0) is 10.6.